The minimum atomic E-state index is -3.09. The molecule has 1 aliphatic rings. The molecular weight excluding hydrogens is 529 g/mol. The fourth-order valence-corrected chi connectivity index (χ4v) is 14.2. The molecule has 0 bridgehead atoms. The second-order valence-electron chi connectivity index (χ2n) is 11.9. The minimum Gasteiger partial charge on any atom is -0.404 e. The molecule has 222 valence electrons. The number of hydrogen-bond donors (Lipinski definition) is 0. The number of rotatable bonds is 15. The molecule has 1 aliphatic carbocycles. The van der Waals surface area contributed by atoms with Crippen molar-refractivity contribution < 1.29 is 17.7 Å². The summed E-state index contributed by atoms with van der Waals surface area (Å²) in [6, 6.07) is 22.1. The molecule has 0 heterocycles. The van der Waals surface area contributed by atoms with Gasteiger partial charge < -0.3 is 17.7 Å². The summed E-state index contributed by atoms with van der Waals surface area (Å²) in [5.41, 5.74) is 0. The van der Waals surface area contributed by atoms with Crippen LogP contribution in [0.2, 0.25) is 5.04 Å². The second kappa shape index (κ2) is 15.6. The number of allylic oxidation sites excluding steroid dienone is 1. The molecule has 1 saturated carbocycles. The van der Waals surface area contributed by atoms with Gasteiger partial charge in [-0.25, -0.2) is 0 Å². The van der Waals surface area contributed by atoms with Gasteiger partial charge in [-0.1, -0.05) is 120 Å². The third-order valence-electron chi connectivity index (χ3n) is 8.13. The van der Waals surface area contributed by atoms with Crippen molar-refractivity contribution in [3.63, 3.8) is 0 Å². The van der Waals surface area contributed by atoms with Gasteiger partial charge in [-0.3, -0.25) is 0 Å². The van der Waals surface area contributed by atoms with E-state index in [0.29, 0.717) is 19.8 Å². The van der Waals surface area contributed by atoms with Gasteiger partial charge in [0.1, 0.15) is 0 Å². The first-order valence-corrected chi connectivity index (χ1v) is 19.3. The van der Waals surface area contributed by atoms with Crippen LogP contribution in [0.1, 0.15) is 93.4 Å². The summed E-state index contributed by atoms with van der Waals surface area (Å²) < 4.78 is 27.5. The molecule has 2 aromatic rings. The largest absolute Gasteiger partial charge is 0.533 e. The quantitative estimate of drug-likeness (QED) is 0.158. The fraction of sp³-hybridized carbons (Fsp3) is 0.588. The van der Waals surface area contributed by atoms with Crippen LogP contribution in [0.4, 0.5) is 0 Å². The molecule has 0 spiro atoms. The van der Waals surface area contributed by atoms with Crippen molar-refractivity contribution in [1.29, 1.82) is 0 Å². The Kier molecular flexibility index (Phi) is 12.9. The van der Waals surface area contributed by atoms with Crippen molar-refractivity contribution in [2.75, 3.05) is 19.8 Å². The van der Waals surface area contributed by atoms with Crippen molar-refractivity contribution >= 4 is 27.5 Å². The van der Waals surface area contributed by atoms with Crippen LogP contribution in [0, 0.1) is 5.92 Å². The molecule has 40 heavy (non-hydrogen) atoms. The zero-order valence-corrected chi connectivity index (χ0v) is 28.2. The maximum atomic E-state index is 7.80. The van der Waals surface area contributed by atoms with Crippen LogP contribution in [0.15, 0.2) is 71.9 Å². The summed E-state index contributed by atoms with van der Waals surface area (Å²) >= 11 is 0. The third-order valence-corrected chi connectivity index (χ3v) is 16.5. The lowest BCUT2D eigenvalue weighted by Gasteiger charge is -2.48. The Balaban J connectivity index is 2.20. The minimum absolute atomic E-state index is 0.0705. The Labute approximate surface area is 247 Å². The van der Waals surface area contributed by atoms with E-state index in [2.05, 4.69) is 115 Å². The lowest BCUT2D eigenvalue weighted by Crippen LogP contribution is -2.68. The molecule has 0 unspecified atom stereocenters. The molecule has 0 amide bonds. The summed E-state index contributed by atoms with van der Waals surface area (Å²) in [4.78, 5) is 0. The van der Waals surface area contributed by atoms with Gasteiger partial charge >= 0.3 is 8.80 Å². The molecule has 1 fully saturated rings. The van der Waals surface area contributed by atoms with E-state index in [-0.39, 0.29) is 17.1 Å². The maximum absolute atomic E-state index is 7.80. The average molecular weight is 583 g/mol. The number of benzene rings is 2. The summed E-state index contributed by atoms with van der Waals surface area (Å²) in [5.74, 6) is 0.212. The molecule has 3 rings (SSSR count). The average Bonchev–Trinajstić information content (AvgIpc) is 2.95. The molecule has 0 aliphatic heterocycles. The first-order valence-electron chi connectivity index (χ1n) is 15.7. The molecule has 6 heteroatoms. The zero-order valence-electron chi connectivity index (χ0n) is 26.2. The second-order valence-corrected chi connectivity index (χ2v) is 18.7. The fourth-order valence-electron chi connectivity index (χ4n) is 6.42. The van der Waals surface area contributed by atoms with Crippen molar-refractivity contribution in [2.24, 2.45) is 5.92 Å². The van der Waals surface area contributed by atoms with E-state index in [9.17, 15) is 0 Å². The number of hydrogen-bond acceptors (Lipinski definition) is 4. The first kappa shape index (κ1) is 33.0. The molecule has 0 saturated heterocycles. The van der Waals surface area contributed by atoms with Crippen LogP contribution < -0.4 is 10.4 Å². The van der Waals surface area contributed by atoms with Gasteiger partial charge in [0.15, 0.2) is 0 Å². The van der Waals surface area contributed by atoms with Crippen LogP contribution in [-0.2, 0) is 17.7 Å². The summed E-state index contributed by atoms with van der Waals surface area (Å²) in [6.07, 6.45) is 10.3. The summed E-state index contributed by atoms with van der Waals surface area (Å²) in [6.45, 7) is 17.3. The predicted molar refractivity (Wildman–Crippen MR) is 173 cm³/mol. The SMILES string of the molecule is CCCC/C=C(/[C@H]1CCCC[C@@H]1O[Si](c1ccccc1)(c1ccccc1)C(C)(C)C)[Si](OCC)(OCC)OCC. The summed E-state index contributed by atoms with van der Waals surface area (Å²) in [5, 5.41) is 3.85. The van der Waals surface area contributed by atoms with E-state index < -0.39 is 17.1 Å². The molecule has 0 aromatic heterocycles. The highest BCUT2D eigenvalue weighted by Gasteiger charge is 2.55. The van der Waals surface area contributed by atoms with Crippen LogP contribution >= 0.6 is 0 Å². The molecule has 2 aromatic carbocycles. The van der Waals surface area contributed by atoms with Crippen molar-refractivity contribution in [2.45, 2.75) is 105 Å². The summed E-state index contributed by atoms with van der Waals surface area (Å²) in [7, 11) is -5.80. The normalized spacial score (nSPS) is 19.1. The third kappa shape index (κ3) is 7.44. The van der Waals surface area contributed by atoms with E-state index >= 15 is 0 Å². The topological polar surface area (TPSA) is 36.9 Å². The standard InChI is InChI=1S/C34H54O4Si2/c1-8-12-15-28-33(40(35-9-2,36-10-3)37-11-4)31-26-20-21-27-32(31)38-39(34(5,6)7,29-22-16-13-17-23-29)30-24-18-14-19-25-30/h13-14,16-19,22-25,28,31-32H,8-12,15,20-21,26-27H2,1-7H3/b33-28-/t31-,32-/m0/s1. The lowest BCUT2D eigenvalue weighted by molar-refractivity contribution is 0.0605. The molecule has 0 N–H and O–H groups in total. The predicted octanol–water partition coefficient (Wildman–Crippen LogP) is 7.83. The van der Waals surface area contributed by atoms with Crippen molar-refractivity contribution in [3.8, 4) is 0 Å². The van der Waals surface area contributed by atoms with Crippen LogP contribution in [0.25, 0.3) is 0 Å². The van der Waals surface area contributed by atoms with E-state index in [1.54, 1.807) is 0 Å². The highest BCUT2D eigenvalue weighted by Crippen LogP contribution is 2.44. The van der Waals surface area contributed by atoms with E-state index in [4.69, 9.17) is 17.7 Å². The Hall–Kier alpha value is -1.55. The van der Waals surface area contributed by atoms with Crippen LogP contribution in [-0.4, -0.2) is 43.0 Å². The highest BCUT2D eigenvalue weighted by molar-refractivity contribution is 6.99. The van der Waals surface area contributed by atoms with Gasteiger partial charge in [0, 0.05) is 30.9 Å². The van der Waals surface area contributed by atoms with Gasteiger partial charge in [-0.15, -0.1) is 0 Å². The van der Waals surface area contributed by atoms with Gasteiger partial charge in [0.2, 0.25) is 0 Å². The van der Waals surface area contributed by atoms with E-state index in [0.717, 1.165) is 32.1 Å². The number of unbranched alkanes of at least 4 members (excludes halogenated alkanes) is 2. The molecule has 2 atom stereocenters. The Morgan fingerprint density at radius 1 is 0.775 bits per heavy atom. The van der Waals surface area contributed by atoms with Crippen molar-refractivity contribution in [1.82, 2.24) is 0 Å². The van der Waals surface area contributed by atoms with Gasteiger partial charge in [-0.2, -0.15) is 0 Å². The Morgan fingerprint density at radius 2 is 1.27 bits per heavy atom. The van der Waals surface area contributed by atoms with Crippen LogP contribution in [0.5, 0.6) is 0 Å². The monoisotopic (exact) mass is 582 g/mol. The van der Waals surface area contributed by atoms with Gasteiger partial charge in [-0.05, 0) is 55.4 Å². The van der Waals surface area contributed by atoms with E-state index in [1.807, 2.05) is 0 Å². The maximum Gasteiger partial charge on any atom is 0.533 e. The molecule has 4 nitrogen and oxygen atoms in total. The highest BCUT2D eigenvalue weighted by atomic mass is 28.4. The van der Waals surface area contributed by atoms with Crippen molar-refractivity contribution in [3.05, 3.63) is 71.9 Å². The molecular formula is C34H54O4Si2. The smallest absolute Gasteiger partial charge is 0.404 e. The zero-order chi connectivity index (χ0) is 29.1. The lowest BCUT2D eigenvalue weighted by atomic mass is 9.86. The van der Waals surface area contributed by atoms with Gasteiger partial charge in [0.25, 0.3) is 8.32 Å². The van der Waals surface area contributed by atoms with Crippen LogP contribution in [0.3, 0.4) is 0 Å². The van der Waals surface area contributed by atoms with Gasteiger partial charge in [0.05, 0.1) is 6.10 Å². The van der Waals surface area contributed by atoms with E-state index in [1.165, 1.54) is 28.4 Å². The molecule has 0 radical (unpaired) electrons. The Bertz CT molecular complexity index is 963. The first-order chi connectivity index (χ1) is 19.3. The Morgan fingerprint density at radius 3 is 1.73 bits per heavy atom.